The van der Waals surface area contributed by atoms with Crippen molar-refractivity contribution >= 4 is 39.9 Å². The second-order valence-corrected chi connectivity index (χ2v) is 9.52. The van der Waals surface area contributed by atoms with Gasteiger partial charge in [0, 0.05) is 19.4 Å². The van der Waals surface area contributed by atoms with Crippen molar-refractivity contribution in [3.63, 3.8) is 0 Å². The highest BCUT2D eigenvalue weighted by Gasteiger charge is 2.52. The number of amides is 3. The molecule has 2 aliphatic rings. The second-order valence-electron chi connectivity index (χ2n) is 8.52. The second kappa shape index (κ2) is 8.12. The van der Waals surface area contributed by atoms with Crippen LogP contribution in [0.15, 0.2) is 54.6 Å². The third kappa shape index (κ3) is 3.60. The van der Waals surface area contributed by atoms with E-state index in [0.29, 0.717) is 29.2 Å². The van der Waals surface area contributed by atoms with Gasteiger partial charge in [-0.15, -0.1) is 0 Å². The largest absolute Gasteiger partial charge is 0.315 e. The average molecular weight is 461 g/mol. The predicted octanol–water partition coefficient (Wildman–Crippen LogP) is 4.45. The lowest BCUT2D eigenvalue weighted by Crippen LogP contribution is -2.62. The van der Waals surface area contributed by atoms with Crippen LogP contribution in [0, 0.1) is 6.92 Å². The number of carbonyl (C=O) groups is 3. The maximum Gasteiger partial charge on any atom is 0.257 e. The molecule has 2 aromatic carbocycles. The highest BCUT2D eigenvalue weighted by Crippen LogP contribution is 2.44. The number of para-hydroxylation sites is 1. The lowest BCUT2D eigenvalue weighted by molar-refractivity contribution is -0.117. The van der Waals surface area contributed by atoms with Crippen LogP contribution in [0.5, 0.6) is 0 Å². The van der Waals surface area contributed by atoms with Gasteiger partial charge < -0.3 is 10.2 Å². The van der Waals surface area contributed by atoms with Crippen molar-refractivity contribution in [2.24, 2.45) is 0 Å². The molecule has 2 aliphatic heterocycles. The Labute approximate surface area is 196 Å². The van der Waals surface area contributed by atoms with Crippen LogP contribution in [0.2, 0.25) is 0 Å². The first kappa shape index (κ1) is 21.3. The van der Waals surface area contributed by atoms with E-state index in [1.165, 1.54) is 11.3 Å². The highest BCUT2D eigenvalue weighted by molar-refractivity contribution is 7.19. The van der Waals surface area contributed by atoms with Crippen molar-refractivity contribution in [2.75, 3.05) is 16.8 Å². The third-order valence-corrected chi connectivity index (χ3v) is 7.51. The number of nitrogens with one attached hydrogen (secondary N) is 1. The molecule has 3 heterocycles. The molecule has 1 saturated heterocycles. The lowest BCUT2D eigenvalue weighted by Gasteiger charge is -2.48. The summed E-state index contributed by atoms with van der Waals surface area (Å²) in [6, 6.07) is 17.1. The van der Waals surface area contributed by atoms with Gasteiger partial charge in [0.1, 0.15) is 5.66 Å². The molecule has 1 unspecified atom stereocenters. The van der Waals surface area contributed by atoms with Gasteiger partial charge in [0.2, 0.25) is 11.8 Å². The van der Waals surface area contributed by atoms with Gasteiger partial charge in [-0.05, 0) is 38.0 Å². The fourth-order valence-electron chi connectivity index (χ4n) is 4.74. The lowest BCUT2D eigenvalue weighted by atomic mass is 9.98. The number of hydrogen-bond acceptors (Lipinski definition) is 5. The smallest absolute Gasteiger partial charge is 0.257 e. The fourth-order valence-corrected chi connectivity index (χ4v) is 5.73. The Hall–Kier alpha value is -3.52. The summed E-state index contributed by atoms with van der Waals surface area (Å²) in [5, 5.41) is 3.41. The van der Waals surface area contributed by atoms with Crippen LogP contribution in [-0.4, -0.2) is 39.8 Å². The number of anilines is 2. The maximum absolute atomic E-state index is 13.3. The zero-order chi connectivity index (χ0) is 23.2. The molecule has 0 radical (unpaired) electrons. The summed E-state index contributed by atoms with van der Waals surface area (Å²) < 4.78 is 0. The fraction of sp³-hybridized carbons (Fsp3) is 0.280. The first-order valence-corrected chi connectivity index (χ1v) is 11.8. The molecule has 7 nitrogen and oxygen atoms in total. The maximum atomic E-state index is 13.3. The van der Waals surface area contributed by atoms with E-state index in [4.69, 9.17) is 0 Å². The molecule has 168 valence electrons. The van der Waals surface area contributed by atoms with Crippen LogP contribution in [0.4, 0.5) is 10.8 Å². The zero-order valence-electron chi connectivity index (χ0n) is 18.5. The van der Waals surface area contributed by atoms with E-state index in [-0.39, 0.29) is 30.7 Å². The van der Waals surface area contributed by atoms with Gasteiger partial charge in [0.05, 0.1) is 21.8 Å². The molecule has 5 rings (SSSR count). The van der Waals surface area contributed by atoms with Gasteiger partial charge in [0.25, 0.3) is 5.91 Å². The molecule has 1 fully saturated rings. The van der Waals surface area contributed by atoms with Gasteiger partial charge in [0.15, 0.2) is 5.13 Å². The number of fused-ring (bicyclic) bond motifs is 3. The van der Waals surface area contributed by atoms with Crippen molar-refractivity contribution in [3.8, 4) is 10.4 Å². The van der Waals surface area contributed by atoms with E-state index in [9.17, 15) is 14.4 Å². The number of aromatic nitrogens is 1. The molecule has 8 heteroatoms. The van der Waals surface area contributed by atoms with Crippen LogP contribution < -0.4 is 10.2 Å². The number of aryl methyl sites for hydroxylation is 1. The number of benzene rings is 2. The summed E-state index contributed by atoms with van der Waals surface area (Å²) in [7, 11) is 0. The number of nitrogens with zero attached hydrogens (tertiary/aromatic N) is 3. The summed E-state index contributed by atoms with van der Waals surface area (Å²) >= 11 is 1.43. The van der Waals surface area contributed by atoms with Crippen molar-refractivity contribution in [2.45, 2.75) is 38.8 Å². The van der Waals surface area contributed by atoms with Gasteiger partial charge in [-0.2, -0.15) is 0 Å². The number of carbonyl (C=O) groups excluding carboxylic acids is 3. The summed E-state index contributed by atoms with van der Waals surface area (Å²) in [5.41, 5.74) is 2.30. The Morgan fingerprint density at radius 1 is 1.12 bits per heavy atom. The number of hydrogen-bond donors (Lipinski definition) is 1. The molecule has 1 aromatic heterocycles. The van der Waals surface area contributed by atoms with E-state index in [1.807, 2.05) is 56.3 Å². The quantitative estimate of drug-likeness (QED) is 0.610. The van der Waals surface area contributed by atoms with Crippen LogP contribution in [-0.2, 0) is 9.59 Å². The average Bonchev–Trinajstić information content (AvgIpc) is 3.33. The van der Waals surface area contributed by atoms with Gasteiger partial charge >= 0.3 is 0 Å². The topological polar surface area (TPSA) is 82.6 Å². The molecule has 0 aliphatic carbocycles. The number of thiazole rings is 1. The SMILES string of the molecule is Cc1nc(NC(=O)CCN2C(=O)c3ccccc3N3C(=O)CCC23C)sc1-c1ccccc1. The third-order valence-electron chi connectivity index (χ3n) is 6.39. The molecule has 0 bridgehead atoms. The summed E-state index contributed by atoms with van der Waals surface area (Å²) in [5.74, 6) is -0.364. The van der Waals surface area contributed by atoms with E-state index < -0.39 is 5.66 Å². The van der Waals surface area contributed by atoms with Crippen LogP contribution in [0.3, 0.4) is 0 Å². The molecule has 3 aromatic rings. The molecule has 3 amide bonds. The molecular formula is C25H24N4O3S. The van der Waals surface area contributed by atoms with Crippen LogP contribution in [0.1, 0.15) is 42.2 Å². The van der Waals surface area contributed by atoms with Crippen molar-refractivity contribution < 1.29 is 14.4 Å². The Morgan fingerprint density at radius 2 is 1.85 bits per heavy atom. The van der Waals surface area contributed by atoms with E-state index in [1.54, 1.807) is 21.9 Å². The predicted molar refractivity (Wildman–Crippen MR) is 128 cm³/mol. The Kier molecular flexibility index (Phi) is 5.25. The summed E-state index contributed by atoms with van der Waals surface area (Å²) in [4.78, 5) is 47.6. The molecule has 0 saturated carbocycles. The number of rotatable bonds is 5. The van der Waals surface area contributed by atoms with E-state index in [2.05, 4.69) is 10.3 Å². The zero-order valence-corrected chi connectivity index (χ0v) is 19.3. The summed E-state index contributed by atoms with van der Waals surface area (Å²) in [6.07, 6.45) is 1.03. The monoisotopic (exact) mass is 460 g/mol. The normalized spacial score (nSPS) is 19.5. The van der Waals surface area contributed by atoms with Gasteiger partial charge in [-0.3, -0.25) is 19.3 Å². The van der Waals surface area contributed by atoms with E-state index in [0.717, 1.165) is 16.1 Å². The van der Waals surface area contributed by atoms with Crippen molar-refractivity contribution in [3.05, 3.63) is 65.9 Å². The first-order valence-electron chi connectivity index (χ1n) is 11.0. The molecule has 33 heavy (non-hydrogen) atoms. The van der Waals surface area contributed by atoms with Crippen molar-refractivity contribution in [1.82, 2.24) is 9.88 Å². The van der Waals surface area contributed by atoms with Crippen LogP contribution in [0.25, 0.3) is 10.4 Å². The minimum Gasteiger partial charge on any atom is -0.315 e. The standard InChI is InChI=1S/C25H24N4O3S/c1-16-22(17-8-4-3-5-9-17)33-24(26-16)27-20(30)13-15-28-23(32)18-10-6-7-11-19(18)29-21(31)12-14-25(28,29)2/h3-11H,12-15H2,1-2H3,(H,26,27,30). The van der Waals surface area contributed by atoms with Crippen LogP contribution >= 0.6 is 11.3 Å². The minimum atomic E-state index is -0.763. The molecule has 0 spiro atoms. The minimum absolute atomic E-state index is 0.00129. The molecular weight excluding hydrogens is 436 g/mol. The van der Waals surface area contributed by atoms with E-state index >= 15 is 0 Å². The van der Waals surface area contributed by atoms with Gasteiger partial charge in [-0.1, -0.05) is 53.8 Å². The van der Waals surface area contributed by atoms with Gasteiger partial charge in [-0.25, -0.2) is 4.98 Å². The Morgan fingerprint density at radius 3 is 2.64 bits per heavy atom. The molecule has 1 N–H and O–H groups in total. The van der Waals surface area contributed by atoms with Crippen molar-refractivity contribution in [1.29, 1.82) is 0 Å². The first-order chi connectivity index (χ1) is 15.9. The summed E-state index contributed by atoms with van der Waals surface area (Å²) in [6.45, 7) is 4.04. The Bertz CT molecular complexity index is 1260. The highest BCUT2D eigenvalue weighted by atomic mass is 32.1. The Balaban J connectivity index is 1.32. The molecule has 1 atom stereocenters.